The average molecular weight is 311 g/mol. The third-order valence-corrected chi connectivity index (χ3v) is 6.42. The van der Waals surface area contributed by atoms with Gasteiger partial charge in [0.2, 0.25) is 10.0 Å². The van der Waals surface area contributed by atoms with Crippen molar-refractivity contribution in [3.63, 3.8) is 0 Å². The Balaban J connectivity index is 1.79. The lowest BCUT2D eigenvalue weighted by atomic mass is 9.81. The molecule has 0 aromatic heterocycles. The number of sulfonamides is 1. The molecule has 0 amide bonds. The maximum atomic E-state index is 13.0. The van der Waals surface area contributed by atoms with Crippen LogP contribution < -0.4 is 0 Å². The van der Waals surface area contributed by atoms with Crippen molar-refractivity contribution in [1.82, 2.24) is 4.31 Å². The van der Waals surface area contributed by atoms with Crippen molar-refractivity contribution in [2.75, 3.05) is 6.54 Å². The molecule has 0 N–H and O–H groups in total. The van der Waals surface area contributed by atoms with Crippen LogP contribution in [-0.4, -0.2) is 19.3 Å². The summed E-state index contributed by atoms with van der Waals surface area (Å²) >= 11 is 0. The van der Waals surface area contributed by atoms with Crippen LogP contribution in [0.2, 0.25) is 0 Å². The van der Waals surface area contributed by atoms with Crippen LogP contribution in [0.5, 0.6) is 0 Å². The molecule has 2 aromatic carbocycles. The Labute approximate surface area is 130 Å². The summed E-state index contributed by atoms with van der Waals surface area (Å²) in [7, 11) is -3.47. The van der Waals surface area contributed by atoms with E-state index in [0.29, 0.717) is 11.4 Å². The highest BCUT2D eigenvalue weighted by molar-refractivity contribution is 7.89. The van der Waals surface area contributed by atoms with Gasteiger partial charge in [-0.2, -0.15) is 4.31 Å². The molecule has 3 nitrogen and oxygen atoms in total. The molecule has 3 aliphatic rings. The van der Waals surface area contributed by atoms with E-state index in [4.69, 9.17) is 0 Å². The molecule has 0 spiro atoms. The van der Waals surface area contributed by atoms with Crippen LogP contribution in [-0.2, 0) is 10.0 Å². The molecule has 2 atom stereocenters. The van der Waals surface area contributed by atoms with Crippen molar-refractivity contribution in [3.05, 3.63) is 77.4 Å². The van der Waals surface area contributed by atoms with Crippen LogP contribution in [0.1, 0.15) is 28.7 Å². The minimum absolute atomic E-state index is 0.154. The first-order chi connectivity index (χ1) is 10.6. The standard InChI is InChI=1S/C18H17NO2S/c1-13-6-9-15(10-7-13)22(20,21)19-12-14-8-11-18(19)17-5-3-2-4-16(14)17/h2-11,14,18H,12H2,1H3. The van der Waals surface area contributed by atoms with E-state index in [9.17, 15) is 8.42 Å². The summed E-state index contributed by atoms with van der Waals surface area (Å²) in [4.78, 5) is 0.372. The predicted octanol–water partition coefficient (Wildman–Crippen LogP) is 3.39. The highest BCUT2D eigenvalue weighted by atomic mass is 32.2. The van der Waals surface area contributed by atoms with Crippen molar-refractivity contribution in [1.29, 1.82) is 0 Å². The van der Waals surface area contributed by atoms with Crippen LogP contribution in [0.15, 0.2) is 65.6 Å². The third kappa shape index (κ3) is 1.95. The lowest BCUT2D eigenvalue weighted by Gasteiger charge is -2.41. The zero-order valence-electron chi connectivity index (χ0n) is 12.3. The number of hydrogen-bond donors (Lipinski definition) is 0. The largest absolute Gasteiger partial charge is 0.243 e. The third-order valence-electron chi connectivity index (χ3n) is 4.55. The maximum Gasteiger partial charge on any atom is 0.243 e. The van der Waals surface area contributed by atoms with Crippen molar-refractivity contribution < 1.29 is 8.42 Å². The van der Waals surface area contributed by atoms with E-state index < -0.39 is 10.0 Å². The zero-order valence-corrected chi connectivity index (χ0v) is 13.1. The molecule has 0 saturated heterocycles. The number of benzene rings is 2. The summed E-state index contributed by atoms with van der Waals surface area (Å²) in [5, 5.41) is 0. The van der Waals surface area contributed by atoms with E-state index in [2.05, 4.69) is 12.1 Å². The summed E-state index contributed by atoms with van der Waals surface area (Å²) in [5.74, 6) is 0.154. The van der Waals surface area contributed by atoms with E-state index in [1.807, 2.05) is 43.3 Å². The first-order valence-corrected chi connectivity index (χ1v) is 8.87. The highest BCUT2D eigenvalue weighted by Crippen LogP contribution is 2.44. The van der Waals surface area contributed by atoms with Gasteiger partial charge in [-0.05, 0) is 30.2 Å². The van der Waals surface area contributed by atoms with Crippen molar-refractivity contribution in [2.45, 2.75) is 23.8 Å². The second kappa shape index (κ2) is 4.80. The quantitative estimate of drug-likeness (QED) is 0.797. The fourth-order valence-corrected chi connectivity index (χ4v) is 4.97. The van der Waals surface area contributed by atoms with Crippen molar-refractivity contribution in [2.24, 2.45) is 0 Å². The molecule has 2 aromatic rings. The van der Waals surface area contributed by atoms with Crippen LogP contribution >= 0.6 is 0 Å². The Morgan fingerprint density at radius 2 is 1.64 bits per heavy atom. The fourth-order valence-electron chi connectivity index (χ4n) is 3.38. The lowest BCUT2D eigenvalue weighted by molar-refractivity contribution is 0.320. The molecule has 4 heteroatoms. The smallest absolute Gasteiger partial charge is 0.207 e. The maximum absolute atomic E-state index is 13.0. The van der Waals surface area contributed by atoms with Gasteiger partial charge < -0.3 is 0 Å². The van der Waals surface area contributed by atoms with E-state index >= 15 is 0 Å². The molecular formula is C18H17NO2S. The Morgan fingerprint density at radius 1 is 0.955 bits per heavy atom. The average Bonchev–Trinajstić information content (AvgIpc) is 2.56. The van der Waals surface area contributed by atoms with Gasteiger partial charge in [-0.1, -0.05) is 54.1 Å². The molecule has 0 radical (unpaired) electrons. The highest BCUT2D eigenvalue weighted by Gasteiger charge is 2.41. The monoisotopic (exact) mass is 311 g/mol. The summed E-state index contributed by atoms with van der Waals surface area (Å²) in [6.45, 7) is 2.48. The van der Waals surface area contributed by atoms with Gasteiger partial charge in [0, 0.05) is 12.5 Å². The molecular weight excluding hydrogens is 294 g/mol. The number of aryl methyl sites for hydroxylation is 1. The van der Waals surface area contributed by atoms with E-state index in [-0.39, 0.29) is 12.0 Å². The molecule has 112 valence electrons. The van der Waals surface area contributed by atoms with E-state index in [1.54, 1.807) is 16.4 Å². The Bertz CT molecular complexity index is 853. The Morgan fingerprint density at radius 3 is 2.36 bits per heavy atom. The molecule has 22 heavy (non-hydrogen) atoms. The second-order valence-corrected chi connectivity index (χ2v) is 7.84. The van der Waals surface area contributed by atoms with Crippen LogP contribution in [0.3, 0.4) is 0 Å². The number of hydrogen-bond acceptors (Lipinski definition) is 2. The molecule has 2 bridgehead atoms. The van der Waals surface area contributed by atoms with Crippen LogP contribution in [0, 0.1) is 6.92 Å². The topological polar surface area (TPSA) is 37.4 Å². The van der Waals surface area contributed by atoms with Gasteiger partial charge in [0.25, 0.3) is 0 Å². The van der Waals surface area contributed by atoms with Gasteiger partial charge in [-0.3, -0.25) is 0 Å². The number of nitrogens with zero attached hydrogens (tertiary/aromatic N) is 1. The first-order valence-electron chi connectivity index (χ1n) is 7.43. The Hall–Kier alpha value is -1.91. The van der Waals surface area contributed by atoms with Crippen molar-refractivity contribution in [3.8, 4) is 0 Å². The molecule has 0 fully saturated rings. The molecule has 5 rings (SSSR count). The first kappa shape index (κ1) is 13.7. The summed E-state index contributed by atoms with van der Waals surface area (Å²) in [6, 6.07) is 15.0. The Kier molecular flexibility index (Phi) is 2.99. The summed E-state index contributed by atoms with van der Waals surface area (Å²) in [6.07, 6.45) is 4.15. The molecule has 2 unspecified atom stereocenters. The van der Waals surface area contributed by atoms with Gasteiger partial charge in [-0.25, -0.2) is 8.42 Å². The number of rotatable bonds is 2. The minimum atomic E-state index is -3.47. The second-order valence-electron chi connectivity index (χ2n) is 5.95. The van der Waals surface area contributed by atoms with Gasteiger partial charge in [0.1, 0.15) is 0 Å². The zero-order chi connectivity index (χ0) is 15.3. The summed E-state index contributed by atoms with van der Waals surface area (Å²) in [5.41, 5.74) is 3.42. The molecule has 2 heterocycles. The van der Waals surface area contributed by atoms with Gasteiger partial charge in [0.15, 0.2) is 0 Å². The SMILES string of the molecule is Cc1ccc(S(=O)(=O)N2CC3C=CC2c2ccccc23)cc1. The van der Waals surface area contributed by atoms with Gasteiger partial charge >= 0.3 is 0 Å². The minimum Gasteiger partial charge on any atom is -0.207 e. The van der Waals surface area contributed by atoms with Gasteiger partial charge in [0.05, 0.1) is 10.9 Å². The van der Waals surface area contributed by atoms with E-state index in [1.165, 1.54) is 5.56 Å². The van der Waals surface area contributed by atoms with Gasteiger partial charge in [-0.15, -0.1) is 0 Å². The molecule has 1 aliphatic carbocycles. The van der Waals surface area contributed by atoms with Crippen molar-refractivity contribution >= 4 is 10.0 Å². The molecule has 2 aliphatic heterocycles. The predicted molar refractivity (Wildman–Crippen MR) is 86.1 cm³/mol. The normalized spacial score (nSPS) is 23.5. The number of fused-ring (bicyclic) bond motifs is 1. The van der Waals surface area contributed by atoms with E-state index in [0.717, 1.165) is 11.1 Å². The van der Waals surface area contributed by atoms with Crippen LogP contribution in [0.25, 0.3) is 0 Å². The molecule has 0 saturated carbocycles. The lowest BCUT2D eigenvalue weighted by Crippen LogP contribution is -2.43. The van der Waals surface area contributed by atoms with Crippen LogP contribution in [0.4, 0.5) is 0 Å². The summed E-state index contributed by atoms with van der Waals surface area (Å²) < 4.78 is 27.6. The fraction of sp³-hybridized carbons (Fsp3) is 0.222.